The first-order valence-corrected chi connectivity index (χ1v) is 41.7. The fraction of sp³-hybridized carbons (Fsp3) is 0.926. The van der Waals surface area contributed by atoms with Crippen molar-refractivity contribution < 1.29 is 79.7 Å². The quantitative estimate of drug-likeness (QED) is 0.0415. The molecule has 0 aliphatic carbocycles. The van der Waals surface area contributed by atoms with Crippen LogP contribution in [0.3, 0.4) is 0 Å². The van der Waals surface area contributed by atoms with Crippen LogP contribution in [0.4, 0.5) is 0 Å². The van der Waals surface area contributed by atoms with Crippen LogP contribution in [0.1, 0.15) is 114 Å². The molecule has 81 heavy (non-hydrogen) atoms. The maximum atomic E-state index is 5.97. The van der Waals surface area contributed by atoms with Crippen molar-refractivity contribution in [2.45, 2.75) is 150 Å². The van der Waals surface area contributed by atoms with E-state index in [2.05, 4.69) is 34.8 Å². The minimum absolute atomic E-state index is 0.607. The van der Waals surface area contributed by atoms with Crippen LogP contribution in [0, 0.1) is 0 Å². The Morgan fingerprint density at radius 1 is 0.259 bits per heavy atom. The summed E-state index contributed by atoms with van der Waals surface area (Å²) in [5.41, 5.74) is 0. The molecule has 488 valence electrons. The minimum atomic E-state index is -2.58. The second kappa shape index (κ2) is 54.1. The van der Waals surface area contributed by atoms with Crippen LogP contribution in [0.2, 0.25) is 36.3 Å². The Morgan fingerprint density at radius 2 is 0.457 bits per heavy atom. The lowest BCUT2D eigenvalue weighted by atomic mass is 10.3. The van der Waals surface area contributed by atoms with Crippen molar-refractivity contribution in [3.63, 3.8) is 0 Å². The van der Waals surface area contributed by atoms with Crippen LogP contribution in [-0.2, 0) is 79.7 Å². The summed E-state index contributed by atoms with van der Waals surface area (Å²) in [5.74, 6) is 0. The Hall–Kier alpha value is -0.0587. The maximum absolute atomic E-state index is 5.97. The van der Waals surface area contributed by atoms with Gasteiger partial charge in [0.15, 0.2) is 0 Å². The fourth-order valence-corrected chi connectivity index (χ4v) is 22.2. The van der Waals surface area contributed by atoms with Gasteiger partial charge in [-0.3, -0.25) is 9.80 Å². The van der Waals surface area contributed by atoms with Gasteiger partial charge in [-0.25, -0.2) is 0 Å². The summed E-state index contributed by atoms with van der Waals surface area (Å²) in [6.45, 7) is 42.0. The smallest absolute Gasteiger partial charge is 0.377 e. The highest BCUT2D eigenvalue weighted by Crippen LogP contribution is 2.23. The Labute approximate surface area is 503 Å². The Bertz CT molecular complexity index is 1330. The van der Waals surface area contributed by atoms with E-state index in [4.69, 9.17) is 79.7 Å². The highest BCUT2D eigenvalue weighted by Gasteiger charge is 2.43. The van der Waals surface area contributed by atoms with Crippen LogP contribution in [0.15, 0.2) is 25.3 Å². The van der Waals surface area contributed by atoms with Crippen LogP contribution >= 0.6 is 0 Å². The van der Waals surface area contributed by atoms with Gasteiger partial charge in [0, 0.05) is 173 Å². The van der Waals surface area contributed by atoms with Crippen LogP contribution < -0.4 is 0 Å². The van der Waals surface area contributed by atoms with Gasteiger partial charge in [0.05, 0.1) is 0 Å². The van der Waals surface area contributed by atoms with Crippen molar-refractivity contribution in [3.8, 4) is 0 Å². The first-order chi connectivity index (χ1) is 39.0. The molecule has 0 heterocycles. The lowest BCUT2D eigenvalue weighted by molar-refractivity contribution is 0.0690. The summed E-state index contributed by atoms with van der Waals surface area (Å²) in [7, 11) is -0.240. The summed E-state index contributed by atoms with van der Waals surface area (Å²) in [5, 5.41) is 0. The van der Waals surface area contributed by atoms with Gasteiger partial charge in [-0.05, 0) is 153 Å². The average Bonchev–Trinajstić information content (AvgIpc) is 3.46. The van der Waals surface area contributed by atoms with E-state index in [9.17, 15) is 0 Å². The van der Waals surface area contributed by atoms with E-state index in [1.807, 2.05) is 74.5 Å². The molecule has 0 aliphatic rings. The van der Waals surface area contributed by atoms with E-state index in [0.29, 0.717) is 59.5 Å². The molecule has 21 nitrogen and oxygen atoms in total. The molecule has 0 aromatic rings. The number of hydrogen-bond donors (Lipinski definition) is 0. The second-order valence-corrected chi connectivity index (χ2v) is 35.9. The predicted molar refractivity (Wildman–Crippen MR) is 339 cm³/mol. The van der Waals surface area contributed by atoms with Gasteiger partial charge < -0.3 is 84.6 Å². The molecule has 27 heteroatoms. The molecule has 0 unspecified atom stereocenters. The highest BCUT2D eigenvalue weighted by molar-refractivity contribution is 6.62. The van der Waals surface area contributed by atoms with Gasteiger partial charge in [-0.2, -0.15) is 0 Å². The third-order valence-electron chi connectivity index (χ3n) is 13.1. The lowest BCUT2D eigenvalue weighted by Crippen LogP contribution is -2.46. The standard InChI is InChI=1S/C20H45NO6Si2.C19H45NO6Si2.C15H35NO6Si2/c1-8-16-21(17-14-19-28(22-7,23-9-2)24-10-3)18-15-20-29(25-11-4,26-12-5)27-13-6;1-8-15-20(16-13-18-27(21-6,22-7)23-9-2)17-14-19-28(24-10-3,25-11-4)26-12-5;1-8-11-16(12-9-14-23(17-2,18-3)19-4)13-10-15-24(20-5,21-6)22-7/h8H,1,9-20H2,2-7H3;8-19H2,1-7H3;8H,1,9-15H2,2-7H3. The van der Waals surface area contributed by atoms with Crippen LogP contribution in [0.25, 0.3) is 0 Å². The molecule has 0 aromatic heterocycles. The fourth-order valence-electron chi connectivity index (χ4n) is 9.38. The first-order valence-electron chi connectivity index (χ1n) is 30.1. The summed E-state index contributed by atoms with van der Waals surface area (Å²) < 4.78 is 103. The molecule has 0 N–H and O–H groups in total. The van der Waals surface area contributed by atoms with Crippen molar-refractivity contribution in [3.05, 3.63) is 25.3 Å². The zero-order valence-electron chi connectivity index (χ0n) is 55.2. The third kappa shape index (κ3) is 37.4. The molecule has 0 aliphatic heterocycles. The van der Waals surface area contributed by atoms with Gasteiger partial charge in [0.25, 0.3) is 0 Å². The van der Waals surface area contributed by atoms with Crippen molar-refractivity contribution >= 4 is 52.8 Å². The molecule has 0 fully saturated rings. The summed E-state index contributed by atoms with van der Waals surface area (Å²) in [6.07, 6.45) is 10.8. The SMILES string of the molecule is C=CCN(CCC[Si](OC)(OC)OC)CCC[Si](OC)(OC)OC.C=CCN(CCC[Si](OC)(OCC)OCC)CCC[Si](OCC)(OCC)OCC.CCCN(CCC[Si](OC)(OC)OCC)CCC[Si](OCC)(OCC)OCC. The number of hydrogen-bond acceptors (Lipinski definition) is 21. The topological polar surface area (TPSA) is 176 Å². The molecule has 0 amide bonds. The van der Waals surface area contributed by atoms with Crippen molar-refractivity contribution in [1.29, 1.82) is 0 Å². The molecule has 0 atom stereocenters. The molecule has 0 radical (unpaired) electrons. The molecule has 0 rings (SSSR count). The monoisotopic (exact) mass is 1270 g/mol. The van der Waals surface area contributed by atoms with Gasteiger partial charge >= 0.3 is 52.8 Å². The molecular formula is C54H125N3O18Si6. The lowest BCUT2D eigenvalue weighted by Gasteiger charge is -2.30. The molecule has 0 bridgehead atoms. The summed E-state index contributed by atoms with van der Waals surface area (Å²) in [6, 6.07) is 4.91. The predicted octanol–water partition coefficient (Wildman–Crippen LogP) is 9.77. The zero-order chi connectivity index (χ0) is 61.8. The van der Waals surface area contributed by atoms with E-state index >= 15 is 0 Å². The summed E-state index contributed by atoms with van der Waals surface area (Å²) >= 11 is 0. The van der Waals surface area contributed by atoms with Crippen molar-refractivity contribution in [2.24, 2.45) is 0 Å². The second-order valence-electron chi connectivity index (χ2n) is 18.5. The van der Waals surface area contributed by atoms with Crippen molar-refractivity contribution in [1.82, 2.24) is 14.7 Å². The first kappa shape index (κ1) is 85.1. The highest BCUT2D eigenvalue weighted by atomic mass is 28.4. The minimum Gasteiger partial charge on any atom is -0.377 e. The van der Waals surface area contributed by atoms with Gasteiger partial charge in [0.1, 0.15) is 0 Å². The van der Waals surface area contributed by atoms with Crippen molar-refractivity contribution in [2.75, 3.05) is 182 Å². The van der Waals surface area contributed by atoms with E-state index < -0.39 is 52.8 Å². The van der Waals surface area contributed by atoms with Crippen LogP contribution in [0.5, 0.6) is 0 Å². The molecule has 0 spiro atoms. The van der Waals surface area contributed by atoms with E-state index in [1.165, 1.54) is 0 Å². The Morgan fingerprint density at radius 3 is 0.679 bits per heavy atom. The van der Waals surface area contributed by atoms with E-state index in [0.717, 1.165) is 140 Å². The molecule has 0 aromatic carbocycles. The normalized spacial score (nSPS) is 12.8. The number of nitrogens with zero attached hydrogens (tertiary/aromatic N) is 3. The molecule has 0 saturated carbocycles. The van der Waals surface area contributed by atoms with Gasteiger partial charge in [0.2, 0.25) is 0 Å². The average molecular weight is 1270 g/mol. The maximum Gasteiger partial charge on any atom is 0.500 e. The Balaban J connectivity index is -0.00000113. The molecule has 0 saturated heterocycles. The number of rotatable bonds is 57. The zero-order valence-corrected chi connectivity index (χ0v) is 61.2. The van der Waals surface area contributed by atoms with Gasteiger partial charge in [-0.1, -0.05) is 19.1 Å². The molecular weight excluding hydrogens is 1150 g/mol. The largest absolute Gasteiger partial charge is 0.500 e. The summed E-state index contributed by atoms with van der Waals surface area (Å²) in [4.78, 5) is 7.23. The van der Waals surface area contributed by atoms with Crippen LogP contribution in [-0.4, -0.2) is 250 Å². The Kier molecular flexibility index (Phi) is 56.9. The van der Waals surface area contributed by atoms with Gasteiger partial charge in [-0.15, -0.1) is 13.2 Å². The third-order valence-corrected chi connectivity index (χ3v) is 31.1. The van der Waals surface area contributed by atoms with E-state index in [1.54, 1.807) is 64.0 Å². The van der Waals surface area contributed by atoms with E-state index in [-0.39, 0.29) is 0 Å².